The largest absolute Gasteiger partial charge is 0.349 e. The predicted molar refractivity (Wildman–Crippen MR) is 63.2 cm³/mol. The van der Waals surface area contributed by atoms with E-state index in [1.807, 2.05) is 13.8 Å². The molecule has 1 amide bonds. The SMILES string of the molecule is CCC(CC)NC(=O)c1cc(F)c(F)cc1Cl. The second kappa shape index (κ2) is 5.96. The van der Waals surface area contributed by atoms with E-state index in [0.717, 1.165) is 25.0 Å². The van der Waals surface area contributed by atoms with E-state index in [-0.39, 0.29) is 16.6 Å². The van der Waals surface area contributed by atoms with Gasteiger partial charge in [-0.3, -0.25) is 4.79 Å². The van der Waals surface area contributed by atoms with Crippen LogP contribution in [-0.4, -0.2) is 11.9 Å². The average Bonchev–Trinajstić information content (AvgIpc) is 2.30. The molecule has 1 aromatic carbocycles. The maximum absolute atomic E-state index is 13.0. The lowest BCUT2D eigenvalue weighted by molar-refractivity contribution is 0.0934. The Morgan fingerprint density at radius 1 is 1.29 bits per heavy atom. The quantitative estimate of drug-likeness (QED) is 0.826. The van der Waals surface area contributed by atoms with Crippen molar-refractivity contribution in [1.82, 2.24) is 5.32 Å². The van der Waals surface area contributed by atoms with Gasteiger partial charge < -0.3 is 5.32 Å². The summed E-state index contributed by atoms with van der Waals surface area (Å²) in [5.74, 6) is -2.62. The van der Waals surface area contributed by atoms with Gasteiger partial charge in [-0.1, -0.05) is 25.4 Å². The molecule has 0 aromatic heterocycles. The Morgan fingerprint density at radius 3 is 2.35 bits per heavy atom. The lowest BCUT2D eigenvalue weighted by Gasteiger charge is -2.15. The van der Waals surface area contributed by atoms with Gasteiger partial charge in [0.2, 0.25) is 0 Å². The van der Waals surface area contributed by atoms with Gasteiger partial charge in [0, 0.05) is 6.04 Å². The summed E-state index contributed by atoms with van der Waals surface area (Å²) < 4.78 is 25.8. The Morgan fingerprint density at radius 2 is 1.82 bits per heavy atom. The fourth-order valence-electron chi connectivity index (χ4n) is 1.45. The van der Waals surface area contributed by atoms with E-state index in [1.165, 1.54) is 0 Å². The Bertz CT molecular complexity index is 419. The topological polar surface area (TPSA) is 29.1 Å². The van der Waals surface area contributed by atoms with E-state index < -0.39 is 17.5 Å². The molecule has 0 atom stereocenters. The monoisotopic (exact) mass is 261 g/mol. The van der Waals surface area contributed by atoms with Crippen LogP contribution in [0.5, 0.6) is 0 Å². The third-order valence-corrected chi connectivity index (χ3v) is 2.89. The molecule has 0 bridgehead atoms. The average molecular weight is 262 g/mol. The summed E-state index contributed by atoms with van der Waals surface area (Å²) in [4.78, 5) is 11.8. The van der Waals surface area contributed by atoms with Crippen LogP contribution in [0.4, 0.5) is 8.78 Å². The van der Waals surface area contributed by atoms with Crippen molar-refractivity contribution in [2.24, 2.45) is 0 Å². The minimum absolute atomic E-state index is 0.00619. The van der Waals surface area contributed by atoms with Crippen molar-refractivity contribution in [2.75, 3.05) is 0 Å². The zero-order valence-corrected chi connectivity index (χ0v) is 10.4. The van der Waals surface area contributed by atoms with Gasteiger partial charge in [0.25, 0.3) is 5.91 Å². The Hall–Kier alpha value is -1.16. The van der Waals surface area contributed by atoms with Crippen molar-refractivity contribution in [1.29, 1.82) is 0 Å². The summed E-state index contributed by atoms with van der Waals surface area (Å²) in [7, 11) is 0. The van der Waals surface area contributed by atoms with Crippen LogP contribution < -0.4 is 5.32 Å². The summed E-state index contributed by atoms with van der Waals surface area (Å²) in [5.41, 5.74) is -0.0440. The molecule has 1 rings (SSSR count). The second-order valence-electron chi connectivity index (χ2n) is 3.73. The summed E-state index contributed by atoms with van der Waals surface area (Å²) in [5, 5.41) is 2.62. The van der Waals surface area contributed by atoms with E-state index in [1.54, 1.807) is 0 Å². The number of carbonyl (C=O) groups excluding carboxylic acids is 1. The van der Waals surface area contributed by atoms with Gasteiger partial charge in [0.05, 0.1) is 10.6 Å². The van der Waals surface area contributed by atoms with Gasteiger partial charge >= 0.3 is 0 Å². The lowest BCUT2D eigenvalue weighted by atomic mass is 10.1. The maximum Gasteiger partial charge on any atom is 0.253 e. The number of benzene rings is 1. The molecule has 0 aliphatic rings. The van der Waals surface area contributed by atoms with E-state index in [0.29, 0.717) is 0 Å². The molecule has 1 aromatic rings. The number of hydrogen-bond donors (Lipinski definition) is 1. The third-order valence-electron chi connectivity index (χ3n) is 2.58. The van der Waals surface area contributed by atoms with Crippen molar-refractivity contribution in [3.8, 4) is 0 Å². The molecule has 0 aliphatic heterocycles. The highest BCUT2D eigenvalue weighted by Crippen LogP contribution is 2.20. The number of nitrogens with one attached hydrogen (secondary N) is 1. The first-order valence-corrected chi connectivity index (χ1v) is 5.82. The Balaban J connectivity index is 2.93. The van der Waals surface area contributed by atoms with Gasteiger partial charge in [0.1, 0.15) is 0 Å². The van der Waals surface area contributed by atoms with Crippen LogP contribution >= 0.6 is 11.6 Å². The van der Waals surface area contributed by atoms with Crippen molar-refractivity contribution < 1.29 is 13.6 Å². The number of halogens is 3. The molecule has 17 heavy (non-hydrogen) atoms. The van der Waals surface area contributed by atoms with Crippen LogP contribution in [0.1, 0.15) is 37.0 Å². The molecule has 0 fully saturated rings. The van der Waals surface area contributed by atoms with Gasteiger partial charge in [-0.15, -0.1) is 0 Å². The number of rotatable bonds is 4. The maximum atomic E-state index is 13.0. The van der Waals surface area contributed by atoms with Crippen molar-refractivity contribution in [3.05, 3.63) is 34.4 Å². The zero-order valence-electron chi connectivity index (χ0n) is 9.69. The fourth-order valence-corrected chi connectivity index (χ4v) is 1.69. The summed E-state index contributed by atoms with van der Waals surface area (Å²) in [6.45, 7) is 3.86. The molecule has 0 unspecified atom stereocenters. The molecule has 2 nitrogen and oxygen atoms in total. The molecule has 5 heteroatoms. The predicted octanol–water partition coefficient (Wildman–Crippen LogP) is 3.54. The first kappa shape index (κ1) is 13.9. The van der Waals surface area contributed by atoms with Crippen molar-refractivity contribution in [2.45, 2.75) is 32.7 Å². The number of carbonyl (C=O) groups is 1. The first-order valence-electron chi connectivity index (χ1n) is 5.45. The van der Waals surface area contributed by atoms with Gasteiger partial charge in [-0.2, -0.15) is 0 Å². The van der Waals surface area contributed by atoms with Crippen molar-refractivity contribution in [3.63, 3.8) is 0 Å². The van der Waals surface area contributed by atoms with Crippen LogP contribution in [-0.2, 0) is 0 Å². The smallest absolute Gasteiger partial charge is 0.253 e. The standard InChI is InChI=1S/C12H14ClF2NO/c1-3-7(4-2)16-12(17)8-5-10(14)11(15)6-9(8)13/h5-7H,3-4H2,1-2H3,(H,16,17). The number of amides is 1. The van der Waals surface area contributed by atoms with E-state index >= 15 is 0 Å². The van der Waals surface area contributed by atoms with E-state index in [9.17, 15) is 13.6 Å². The highest BCUT2D eigenvalue weighted by Gasteiger charge is 2.16. The molecule has 0 saturated carbocycles. The molecule has 0 aliphatic carbocycles. The lowest BCUT2D eigenvalue weighted by Crippen LogP contribution is -2.34. The summed E-state index contributed by atoms with van der Waals surface area (Å²) in [6, 6.07) is 1.63. The normalized spacial score (nSPS) is 10.7. The highest BCUT2D eigenvalue weighted by molar-refractivity contribution is 6.33. The van der Waals surface area contributed by atoms with Crippen LogP contribution in [0.25, 0.3) is 0 Å². The first-order chi connectivity index (χ1) is 7.99. The van der Waals surface area contributed by atoms with Gasteiger partial charge in [0.15, 0.2) is 11.6 Å². The Labute approximate surface area is 104 Å². The third kappa shape index (κ3) is 3.40. The summed E-state index contributed by atoms with van der Waals surface area (Å²) in [6.07, 6.45) is 1.53. The molecule has 0 heterocycles. The molecule has 0 saturated heterocycles. The highest BCUT2D eigenvalue weighted by atomic mass is 35.5. The van der Waals surface area contributed by atoms with Crippen molar-refractivity contribution >= 4 is 17.5 Å². The van der Waals surface area contributed by atoms with Crippen LogP contribution in [0.2, 0.25) is 5.02 Å². The van der Waals surface area contributed by atoms with Crippen LogP contribution in [0.15, 0.2) is 12.1 Å². The molecule has 0 spiro atoms. The van der Waals surface area contributed by atoms with E-state index in [4.69, 9.17) is 11.6 Å². The minimum atomic E-state index is -1.08. The van der Waals surface area contributed by atoms with Crippen LogP contribution in [0.3, 0.4) is 0 Å². The van der Waals surface area contributed by atoms with Crippen LogP contribution in [0, 0.1) is 11.6 Å². The van der Waals surface area contributed by atoms with Gasteiger partial charge in [-0.05, 0) is 25.0 Å². The molecule has 1 N–H and O–H groups in total. The van der Waals surface area contributed by atoms with E-state index in [2.05, 4.69) is 5.32 Å². The second-order valence-corrected chi connectivity index (χ2v) is 4.14. The molecule has 0 radical (unpaired) electrons. The fraction of sp³-hybridized carbons (Fsp3) is 0.417. The number of hydrogen-bond acceptors (Lipinski definition) is 1. The zero-order chi connectivity index (χ0) is 13.0. The molecular weight excluding hydrogens is 248 g/mol. The molecule has 94 valence electrons. The van der Waals surface area contributed by atoms with Gasteiger partial charge in [-0.25, -0.2) is 8.78 Å². The molecular formula is C12H14ClF2NO. The minimum Gasteiger partial charge on any atom is -0.349 e. The Kier molecular flexibility index (Phi) is 4.87. The summed E-state index contributed by atoms with van der Waals surface area (Å²) >= 11 is 5.70.